The first-order chi connectivity index (χ1) is 28.3. The molecule has 0 radical (unpaired) electrons. The molecule has 0 saturated carbocycles. The molecule has 0 bridgehead atoms. The van der Waals surface area contributed by atoms with E-state index in [4.69, 9.17) is 0 Å². The average Bonchev–Trinajstić information content (AvgIpc) is 3.61. The second-order valence-corrected chi connectivity index (χ2v) is 13.7. The van der Waals surface area contributed by atoms with E-state index in [1.807, 2.05) is 77.6 Å². The normalized spacial score (nSPS) is 10.8. The van der Waals surface area contributed by atoms with E-state index in [0.29, 0.717) is 5.95 Å². The van der Waals surface area contributed by atoms with Gasteiger partial charge in [-0.2, -0.15) is 69.0 Å². The minimum Gasteiger partial charge on any atom is -0.326 e. The molecule has 0 amide bonds. The second kappa shape index (κ2) is 17.8. The molecular formula is C48H29B2N7Pt2. The van der Waals surface area contributed by atoms with E-state index in [-0.39, 0.29) is 55.6 Å². The number of hydrogen-bond acceptors (Lipinski definition) is 6. The van der Waals surface area contributed by atoms with Crippen LogP contribution in [0.25, 0.3) is 50.3 Å². The Bertz CT molecular complexity index is 2790. The maximum absolute atomic E-state index is 4.61. The van der Waals surface area contributed by atoms with Crippen LogP contribution in [0, 0.1) is 24.3 Å². The summed E-state index contributed by atoms with van der Waals surface area (Å²) < 4.78 is 1.98. The second-order valence-electron chi connectivity index (χ2n) is 13.7. The van der Waals surface area contributed by atoms with Crippen molar-refractivity contribution in [3.8, 4) is 28.5 Å². The summed E-state index contributed by atoms with van der Waals surface area (Å²) in [4.78, 5) is 9.21. The van der Waals surface area contributed by atoms with Crippen LogP contribution in [0.5, 0.6) is 0 Å². The summed E-state index contributed by atoms with van der Waals surface area (Å²) in [6.07, 6.45) is 4.96. The molecule has 4 aromatic heterocycles. The molecule has 11 heteroatoms. The van der Waals surface area contributed by atoms with E-state index in [2.05, 4.69) is 152 Å². The quantitative estimate of drug-likeness (QED) is 0.154. The van der Waals surface area contributed by atoms with E-state index in [0.717, 1.165) is 77.1 Å². The van der Waals surface area contributed by atoms with Crippen molar-refractivity contribution in [1.29, 1.82) is 0 Å². The summed E-state index contributed by atoms with van der Waals surface area (Å²) in [6.45, 7) is -0.356. The van der Waals surface area contributed by atoms with Gasteiger partial charge < -0.3 is 14.5 Å². The summed E-state index contributed by atoms with van der Waals surface area (Å²) in [6, 6.07) is 69.0. The largest absolute Gasteiger partial charge is 2.00 e. The summed E-state index contributed by atoms with van der Waals surface area (Å²) in [5.74, 6) is 0.333. The first-order valence-electron chi connectivity index (χ1n) is 18.7. The van der Waals surface area contributed by atoms with Crippen LogP contribution in [0.2, 0.25) is 0 Å². The third-order valence-corrected chi connectivity index (χ3v) is 10.3. The minimum absolute atomic E-state index is 0. The van der Waals surface area contributed by atoms with Crippen LogP contribution in [0.15, 0.2) is 176 Å². The molecule has 282 valence electrons. The van der Waals surface area contributed by atoms with E-state index >= 15 is 0 Å². The van der Waals surface area contributed by atoms with Gasteiger partial charge in [-0.15, -0.1) is 80.1 Å². The van der Waals surface area contributed by atoms with Gasteiger partial charge in [-0.1, -0.05) is 107 Å². The molecule has 0 fully saturated rings. The molecule has 0 aliphatic heterocycles. The standard InChI is InChI=1S/C48H29B2N7.2Pt/c1-3-15-36(16-4-1)49(38-19-11-13-34(29-38)44-21-7-9-27-51-44)40-23-25-42-43-26-24-41(32-47(43)57(46(42)31-40)48-55-53-33-54-56-48)50(37-17-5-2-6-18-37)39-20-12-14-35(30-39)45-22-8-10-28-52-45;;/h1-28,33H;;/q-4;2*+2. The van der Waals surface area contributed by atoms with E-state index in [9.17, 15) is 0 Å². The van der Waals surface area contributed by atoms with Crippen LogP contribution in [0.1, 0.15) is 0 Å². The number of rotatable bonds is 9. The molecular weight excluding hydrogens is 1090 g/mol. The zero-order valence-corrected chi connectivity index (χ0v) is 35.7. The number of pyridine rings is 2. The van der Waals surface area contributed by atoms with Gasteiger partial charge in [0.25, 0.3) is 5.95 Å². The van der Waals surface area contributed by atoms with Crippen molar-refractivity contribution >= 4 is 68.0 Å². The number of benzene rings is 6. The van der Waals surface area contributed by atoms with Crippen LogP contribution in [-0.4, -0.2) is 48.4 Å². The van der Waals surface area contributed by atoms with Crippen molar-refractivity contribution in [1.82, 2.24) is 34.9 Å². The Balaban J connectivity index is 0.00000242. The van der Waals surface area contributed by atoms with Crippen molar-refractivity contribution in [3.63, 3.8) is 0 Å². The number of aromatic nitrogens is 7. The molecule has 0 unspecified atom stereocenters. The predicted molar refractivity (Wildman–Crippen MR) is 229 cm³/mol. The SMILES string of the molecule is [Pt+2].[Pt+2].[c-]1c(B(c2[c-]c3c(cc2)c2ccc(B(c4[c-]c(-c5ccccn5)ccc4)c4ccccc4)[c-]c2n3-c2nncnn2)c2ccccc2)cccc1-c1ccccn1. The molecule has 0 aliphatic carbocycles. The molecule has 0 spiro atoms. The van der Waals surface area contributed by atoms with Crippen LogP contribution in [-0.2, 0) is 42.1 Å². The Morgan fingerprint density at radius 1 is 0.407 bits per heavy atom. The van der Waals surface area contributed by atoms with E-state index in [1.165, 1.54) is 6.33 Å². The predicted octanol–water partition coefficient (Wildman–Crippen LogP) is 4.72. The zero-order chi connectivity index (χ0) is 38.0. The number of fused-ring (bicyclic) bond motifs is 3. The molecule has 10 rings (SSSR count). The van der Waals surface area contributed by atoms with Gasteiger partial charge in [-0.05, 0) is 23.5 Å². The third-order valence-electron chi connectivity index (χ3n) is 10.3. The van der Waals surface area contributed by atoms with Gasteiger partial charge in [-0.25, -0.2) is 0 Å². The molecule has 4 heterocycles. The third kappa shape index (κ3) is 7.89. The van der Waals surface area contributed by atoms with Gasteiger partial charge >= 0.3 is 42.1 Å². The van der Waals surface area contributed by atoms with Crippen molar-refractivity contribution in [2.24, 2.45) is 0 Å². The molecule has 0 N–H and O–H groups in total. The first kappa shape index (κ1) is 39.7. The summed E-state index contributed by atoms with van der Waals surface area (Å²) in [7, 11) is 0. The topological polar surface area (TPSA) is 82.3 Å². The first-order valence-corrected chi connectivity index (χ1v) is 18.7. The summed E-state index contributed by atoms with van der Waals surface area (Å²) in [5.41, 5.74) is 11.4. The van der Waals surface area contributed by atoms with Gasteiger partial charge in [0.05, 0.1) is 0 Å². The Morgan fingerprint density at radius 2 is 0.847 bits per heavy atom. The van der Waals surface area contributed by atoms with Crippen LogP contribution < -0.4 is 32.8 Å². The van der Waals surface area contributed by atoms with Gasteiger partial charge in [0.2, 0.25) is 0 Å². The Kier molecular flexibility index (Phi) is 12.0. The van der Waals surface area contributed by atoms with Crippen LogP contribution in [0.4, 0.5) is 0 Å². The zero-order valence-electron chi connectivity index (χ0n) is 31.2. The van der Waals surface area contributed by atoms with Crippen molar-refractivity contribution in [3.05, 3.63) is 201 Å². The maximum Gasteiger partial charge on any atom is 2.00 e. The summed E-state index contributed by atoms with van der Waals surface area (Å²) in [5, 5.41) is 19.2. The van der Waals surface area contributed by atoms with E-state index in [1.54, 1.807) is 0 Å². The fraction of sp³-hybridized carbons (Fsp3) is 0. The molecule has 6 aromatic carbocycles. The van der Waals surface area contributed by atoms with E-state index < -0.39 is 0 Å². The maximum atomic E-state index is 4.61. The average molecular weight is 1120 g/mol. The number of nitrogens with zero attached hydrogens (tertiary/aromatic N) is 7. The smallest absolute Gasteiger partial charge is 0.326 e. The van der Waals surface area contributed by atoms with Crippen LogP contribution in [0.3, 0.4) is 0 Å². The Morgan fingerprint density at radius 3 is 1.29 bits per heavy atom. The molecule has 7 nitrogen and oxygen atoms in total. The fourth-order valence-electron chi connectivity index (χ4n) is 7.72. The Labute approximate surface area is 371 Å². The fourth-order valence-corrected chi connectivity index (χ4v) is 7.72. The van der Waals surface area contributed by atoms with Crippen molar-refractivity contribution in [2.75, 3.05) is 0 Å². The van der Waals surface area contributed by atoms with Gasteiger partial charge in [-0.3, -0.25) is 0 Å². The minimum atomic E-state index is -0.178. The van der Waals surface area contributed by atoms with Crippen LogP contribution >= 0.6 is 0 Å². The monoisotopic (exact) mass is 1120 g/mol. The van der Waals surface area contributed by atoms with Crippen molar-refractivity contribution in [2.45, 2.75) is 0 Å². The molecule has 59 heavy (non-hydrogen) atoms. The Hall–Kier alpha value is -6.13. The number of hydrogen-bond donors (Lipinski definition) is 0. The summed E-state index contributed by atoms with van der Waals surface area (Å²) >= 11 is 0. The molecule has 10 aromatic rings. The van der Waals surface area contributed by atoms with Gasteiger partial charge in [0, 0.05) is 12.4 Å². The van der Waals surface area contributed by atoms with Gasteiger partial charge in [0.15, 0.2) is 19.8 Å². The van der Waals surface area contributed by atoms with Gasteiger partial charge in [0.1, 0.15) is 0 Å². The van der Waals surface area contributed by atoms with Crippen molar-refractivity contribution < 1.29 is 42.1 Å². The molecule has 0 aliphatic rings. The molecule has 0 saturated heterocycles. The molecule has 0 atom stereocenters.